The van der Waals surface area contributed by atoms with E-state index >= 15 is 0 Å². The summed E-state index contributed by atoms with van der Waals surface area (Å²) in [5.41, 5.74) is 2.24. The van der Waals surface area contributed by atoms with Crippen LogP contribution in [0.3, 0.4) is 0 Å². The maximum absolute atomic E-state index is 12.7. The van der Waals surface area contributed by atoms with Crippen LogP contribution in [0.4, 0.5) is 5.69 Å². The van der Waals surface area contributed by atoms with Gasteiger partial charge in [-0.1, -0.05) is 41.6 Å². The van der Waals surface area contributed by atoms with Crippen molar-refractivity contribution in [3.8, 4) is 11.5 Å². The fraction of sp³-hybridized carbons (Fsp3) is 0.261. The van der Waals surface area contributed by atoms with E-state index in [1.54, 1.807) is 35.2 Å². The molecule has 10 heteroatoms. The van der Waals surface area contributed by atoms with Crippen molar-refractivity contribution in [3.63, 3.8) is 0 Å². The third-order valence-corrected chi connectivity index (χ3v) is 6.87. The minimum atomic E-state index is -0.337. The van der Waals surface area contributed by atoms with Gasteiger partial charge in [0.15, 0.2) is 18.1 Å². The Bertz CT molecular complexity index is 1150. The van der Waals surface area contributed by atoms with Crippen LogP contribution in [0.5, 0.6) is 11.5 Å². The van der Waals surface area contributed by atoms with Gasteiger partial charge in [-0.15, -0.1) is 0 Å². The van der Waals surface area contributed by atoms with Crippen molar-refractivity contribution >= 4 is 79.4 Å². The highest BCUT2D eigenvalue weighted by molar-refractivity contribution is 9.10. The first kappa shape index (κ1) is 25.6. The standard InChI is InChI=1S/C23H22BrClN2O4S2/c1-12(2)27-22(29)19(33-23(27)32)9-14-7-16(24)21(18(8-14)30-4)31-11-20(28)26-17-10-15(25)6-5-13(17)3/h5-10,12H,11H2,1-4H3,(H,26,28)/b19-9-. The van der Waals surface area contributed by atoms with Crippen LogP contribution in [0.2, 0.25) is 5.02 Å². The van der Waals surface area contributed by atoms with Gasteiger partial charge in [-0.2, -0.15) is 0 Å². The summed E-state index contributed by atoms with van der Waals surface area (Å²) in [5, 5.41) is 3.32. The normalized spacial score (nSPS) is 14.9. The Labute approximate surface area is 215 Å². The lowest BCUT2D eigenvalue weighted by Gasteiger charge is -2.18. The molecule has 33 heavy (non-hydrogen) atoms. The van der Waals surface area contributed by atoms with E-state index in [9.17, 15) is 9.59 Å². The van der Waals surface area contributed by atoms with Crippen molar-refractivity contribution in [3.05, 3.63) is 55.9 Å². The zero-order chi connectivity index (χ0) is 24.3. The molecule has 3 rings (SSSR count). The molecule has 0 radical (unpaired) electrons. The van der Waals surface area contributed by atoms with Crippen LogP contribution < -0.4 is 14.8 Å². The molecule has 0 spiro atoms. The summed E-state index contributed by atoms with van der Waals surface area (Å²) < 4.78 is 12.3. The number of benzene rings is 2. The molecule has 1 heterocycles. The van der Waals surface area contributed by atoms with Gasteiger partial charge in [0.2, 0.25) is 0 Å². The molecular formula is C23H22BrClN2O4S2. The Kier molecular flexibility index (Phi) is 8.44. The predicted octanol–water partition coefficient (Wildman–Crippen LogP) is 6.05. The number of rotatable bonds is 7. The Morgan fingerprint density at radius 2 is 2.06 bits per heavy atom. The van der Waals surface area contributed by atoms with Crippen molar-refractivity contribution < 1.29 is 19.1 Å². The number of anilines is 1. The van der Waals surface area contributed by atoms with Gasteiger partial charge < -0.3 is 14.8 Å². The SMILES string of the molecule is COc1cc(/C=C2\SC(=S)N(C(C)C)C2=O)cc(Br)c1OCC(=O)Nc1cc(Cl)ccc1C. The van der Waals surface area contributed by atoms with Gasteiger partial charge in [0.25, 0.3) is 11.8 Å². The lowest BCUT2D eigenvalue weighted by Crippen LogP contribution is -2.34. The number of thioether (sulfide) groups is 1. The van der Waals surface area contributed by atoms with Gasteiger partial charge in [-0.3, -0.25) is 14.5 Å². The second-order valence-corrected chi connectivity index (χ2v) is 10.4. The Morgan fingerprint density at radius 1 is 1.33 bits per heavy atom. The van der Waals surface area contributed by atoms with Crippen molar-refractivity contribution in [2.45, 2.75) is 26.8 Å². The number of amides is 2. The topological polar surface area (TPSA) is 67.9 Å². The molecule has 1 fully saturated rings. The highest BCUT2D eigenvalue weighted by atomic mass is 79.9. The van der Waals surface area contributed by atoms with Crippen LogP contribution in [0.25, 0.3) is 6.08 Å². The third-order valence-electron chi connectivity index (χ3n) is 4.71. The summed E-state index contributed by atoms with van der Waals surface area (Å²) in [7, 11) is 1.51. The fourth-order valence-corrected chi connectivity index (χ4v) is 5.36. The molecule has 1 saturated heterocycles. The molecule has 1 aliphatic rings. The number of nitrogens with one attached hydrogen (secondary N) is 1. The fourth-order valence-electron chi connectivity index (χ4n) is 3.09. The second-order valence-electron chi connectivity index (χ2n) is 7.48. The summed E-state index contributed by atoms with van der Waals surface area (Å²) in [6, 6.07) is 8.78. The van der Waals surface area contributed by atoms with Crippen LogP contribution >= 0.6 is 51.5 Å². The van der Waals surface area contributed by atoms with E-state index in [-0.39, 0.29) is 24.5 Å². The molecule has 2 amide bonds. The average molecular weight is 570 g/mol. The summed E-state index contributed by atoms with van der Waals surface area (Å²) in [6.45, 7) is 5.49. The first-order valence-corrected chi connectivity index (χ1v) is 12.3. The molecule has 1 N–H and O–H groups in total. The quantitative estimate of drug-likeness (QED) is 0.324. The molecule has 0 aliphatic carbocycles. The summed E-state index contributed by atoms with van der Waals surface area (Å²) in [5.74, 6) is 0.336. The zero-order valence-electron chi connectivity index (χ0n) is 18.4. The van der Waals surface area contributed by atoms with Crippen molar-refractivity contribution in [1.82, 2.24) is 4.90 Å². The molecule has 2 aromatic carbocycles. The number of halogens is 2. The number of carbonyl (C=O) groups is 2. The predicted molar refractivity (Wildman–Crippen MR) is 141 cm³/mol. The number of carbonyl (C=O) groups excluding carboxylic acids is 2. The smallest absolute Gasteiger partial charge is 0.266 e. The van der Waals surface area contributed by atoms with Gasteiger partial charge in [0.1, 0.15) is 4.32 Å². The minimum absolute atomic E-state index is 0.0118. The van der Waals surface area contributed by atoms with Crippen LogP contribution in [0, 0.1) is 6.92 Å². The van der Waals surface area contributed by atoms with Gasteiger partial charge in [0, 0.05) is 16.8 Å². The molecule has 174 valence electrons. The molecule has 0 unspecified atom stereocenters. The summed E-state index contributed by atoms with van der Waals surface area (Å²) in [4.78, 5) is 27.2. The maximum atomic E-state index is 12.7. The van der Waals surface area contributed by atoms with Crippen LogP contribution in [0.15, 0.2) is 39.7 Å². The number of thiocarbonyl (C=S) groups is 1. The number of hydrogen-bond donors (Lipinski definition) is 1. The summed E-state index contributed by atoms with van der Waals surface area (Å²) >= 11 is 16.1. The molecular weight excluding hydrogens is 548 g/mol. The lowest BCUT2D eigenvalue weighted by atomic mass is 10.1. The maximum Gasteiger partial charge on any atom is 0.266 e. The van der Waals surface area contributed by atoms with Gasteiger partial charge in [-0.05, 0) is 78.2 Å². The van der Waals surface area contributed by atoms with E-state index in [0.717, 1.165) is 11.1 Å². The Balaban J connectivity index is 1.76. The van der Waals surface area contributed by atoms with Gasteiger partial charge in [0.05, 0.1) is 16.5 Å². The molecule has 2 aromatic rings. The van der Waals surface area contributed by atoms with E-state index < -0.39 is 0 Å². The number of hydrogen-bond acceptors (Lipinski definition) is 6. The number of ether oxygens (including phenoxy) is 2. The van der Waals surface area contributed by atoms with E-state index in [1.807, 2.05) is 26.8 Å². The van der Waals surface area contributed by atoms with Crippen LogP contribution in [-0.2, 0) is 9.59 Å². The first-order valence-electron chi connectivity index (χ1n) is 9.94. The highest BCUT2D eigenvalue weighted by Gasteiger charge is 2.33. The molecule has 1 aliphatic heterocycles. The van der Waals surface area contributed by atoms with Crippen LogP contribution in [-0.4, -0.2) is 40.8 Å². The number of nitrogens with zero attached hydrogens (tertiary/aromatic N) is 1. The van der Waals surface area contributed by atoms with E-state index in [2.05, 4.69) is 21.2 Å². The van der Waals surface area contributed by atoms with Crippen molar-refractivity contribution in [2.24, 2.45) is 0 Å². The third kappa shape index (κ3) is 6.09. The Morgan fingerprint density at radius 3 is 2.70 bits per heavy atom. The Hall–Kier alpha value is -2.07. The molecule has 0 bridgehead atoms. The number of aryl methyl sites for hydroxylation is 1. The minimum Gasteiger partial charge on any atom is -0.493 e. The molecule has 6 nitrogen and oxygen atoms in total. The van der Waals surface area contributed by atoms with Gasteiger partial charge in [-0.25, -0.2) is 0 Å². The largest absolute Gasteiger partial charge is 0.493 e. The highest BCUT2D eigenvalue weighted by Crippen LogP contribution is 2.39. The average Bonchev–Trinajstić information content (AvgIpc) is 3.02. The van der Waals surface area contributed by atoms with Crippen molar-refractivity contribution in [2.75, 3.05) is 19.0 Å². The van der Waals surface area contributed by atoms with Crippen LogP contribution in [0.1, 0.15) is 25.0 Å². The molecule has 0 aromatic heterocycles. The van der Waals surface area contributed by atoms with E-state index in [1.165, 1.54) is 18.9 Å². The molecule has 0 saturated carbocycles. The van der Waals surface area contributed by atoms with Crippen molar-refractivity contribution in [1.29, 1.82) is 0 Å². The number of methoxy groups -OCH3 is 1. The van der Waals surface area contributed by atoms with E-state index in [4.69, 9.17) is 33.3 Å². The van der Waals surface area contributed by atoms with E-state index in [0.29, 0.717) is 35.9 Å². The molecule has 0 atom stereocenters. The summed E-state index contributed by atoms with van der Waals surface area (Å²) in [6.07, 6.45) is 1.76. The zero-order valence-corrected chi connectivity index (χ0v) is 22.4. The second kappa shape index (κ2) is 10.9. The van der Waals surface area contributed by atoms with Gasteiger partial charge >= 0.3 is 0 Å². The lowest BCUT2D eigenvalue weighted by molar-refractivity contribution is -0.123. The monoisotopic (exact) mass is 568 g/mol. The first-order chi connectivity index (χ1) is 15.6.